The molecule has 0 aliphatic heterocycles. The molecule has 0 atom stereocenters. The zero-order valence-corrected chi connectivity index (χ0v) is 22.7. The van der Waals surface area contributed by atoms with Crippen LogP contribution < -0.4 is 4.74 Å². The highest BCUT2D eigenvalue weighted by Crippen LogP contribution is 2.26. The normalized spacial score (nSPS) is 11.3. The minimum Gasteiger partial charge on any atom is -0.504 e. The highest BCUT2D eigenvalue weighted by molar-refractivity contribution is 5.87. The minimum atomic E-state index is -0.334. The van der Waals surface area contributed by atoms with Crippen molar-refractivity contribution >= 4 is 12.0 Å². The molecule has 1 aromatic carbocycles. The Bertz CT molecular complexity index is 668. The van der Waals surface area contributed by atoms with Gasteiger partial charge >= 0.3 is 5.97 Å². The van der Waals surface area contributed by atoms with Crippen molar-refractivity contribution in [3.05, 3.63) is 29.8 Å². The van der Waals surface area contributed by atoms with Gasteiger partial charge in [-0.2, -0.15) is 0 Å². The molecule has 0 bridgehead atoms. The van der Waals surface area contributed by atoms with Crippen LogP contribution in [-0.2, 0) is 9.53 Å². The van der Waals surface area contributed by atoms with E-state index < -0.39 is 0 Å². The molecule has 1 aromatic rings. The molecule has 0 fully saturated rings. The Balaban J connectivity index is 1.83. The molecule has 0 spiro atoms. The smallest absolute Gasteiger partial charge is 0.330 e. The van der Waals surface area contributed by atoms with Gasteiger partial charge in [0.1, 0.15) is 0 Å². The van der Waals surface area contributed by atoms with Crippen LogP contribution in [0.15, 0.2) is 24.3 Å². The van der Waals surface area contributed by atoms with Crippen molar-refractivity contribution in [3.8, 4) is 11.5 Å². The molecule has 200 valence electrons. The number of carbonyl (C=O) groups is 1. The molecular formula is C31H52O4. The van der Waals surface area contributed by atoms with Gasteiger partial charge < -0.3 is 14.6 Å². The molecule has 0 aliphatic carbocycles. The first-order valence-corrected chi connectivity index (χ1v) is 14.4. The largest absolute Gasteiger partial charge is 0.504 e. The summed E-state index contributed by atoms with van der Waals surface area (Å²) in [6, 6.07) is 4.94. The third-order valence-corrected chi connectivity index (χ3v) is 6.61. The lowest BCUT2D eigenvalue weighted by atomic mass is 10.0. The van der Waals surface area contributed by atoms with Gasteiger partial charge in [-0.3, -0.25) is 0 Å². The second-order valence-electron chi connectivity index (χ2n) is 9.80. The van der Waals surface area contributed by atoms with Crippen molar-refractivity contribution in [1.29, 1.82) is 0 Å². The lowest BCUT2D eigenvalue weighted by Gasteiger charge is -2.05. The summed E-state index contributed by atoms with van der Waals surface area (Å²) < 4.78 is 10.3. The Morgan fingerprint density at radius 1 is 0.743 bits per heavy atom. The Morgan fingerprint density at radius 2 is 1.20 bits per heavy atom. The maximum Gasteiger partial charge on any atom is 0.330 e. The number of hydrogen-bond acceptors (Lipinski definition) is 4. The van der Waals surface area contributed by atoms with Crippen molar-refractivity contribution in [1.82, 2.24) is 0 Å². The third-order valence-electron chi connectivity index (χ3n) is 6.61. The molecule has 0 saturated carbocycles. The number of rotatable bonds is 23. The molecule has 0 amide bonds. The predicted molar refractivity (Wildman–Crippen MR) is 148 cm³/mol. The summed E-state index contributed by atoms with van der Waals surface area (Å²) in [6.07, 6.45) is 28.8. The first-order valence-electron chi connectivity index (χ1n) is 14.4. The van der Waals surface area contributed by atoms with E-state index in [1.165, 1.54) is 122 Å². The van der Waals surface area contributed by atoms with Gasteiger partial charge in [-0.1, -0.05) is 129 Å². The van der Waals surface area contributed by atoms with E-state index in [2.05, 4.69) is 6.92 Å². The number of ether oxygens (including phenoxy) is 2. The zero-order chi connectivity index (χ0) is 25.4. The fourth-order valence-corrected chi connectivity index (χ4v) is 4.36. The summed E-state index contributed by atoms with van der Waals surface area (Å²) in [5, 5.41) is 9.60. The van der Waals surface area contributed by atoms with Crippen LogP contribution in [0, 0.1) is 0 Å². The molecule has 0 unspecified atom stereocenters. The lowest BCUT2D eigenvalue weighted by Crippen LogP contribution is -2.02. The highest BCUT2D eigenvalue weighted by atomic mass is 16.5. The van der Waals surface area contributed by atoms with E-state index >= 15 is 0 Å². The second kappa shape index (κ2) is 22.5. The molecule has 1 rings (SSSR count). The summed E-state index contributed by atoms with van der Waals surface area (Å²) in [5.41, 5.74) is 0.778. The van der Waals surface area contributed by atoms with Crippen molar-refractivity contribution in [2.24, 2.45) is 0 Å². The summed E-state index contributed by atoms with van der Waals surface area (Å²) in [7, 11) is 1.50. The average Bonchev–Trinajstić information content (AvgIpc) is 2.87. The van der Waals surface area contributed by atoms with Crippen LogP contribution in [0.5, 0.6) is 11.5 Å². The highest BCUT2D eigenvalue weighted by Gasteiger charge is 2.02. The second-order valence-corrected chi connectivity index (χ2v) is 9.80. The number of methoxy groups -OCH3 is 1. The molecule has 0 radical (unpaired) electrons. The molecule has 4 heteroatoms. The molecule has 4 nitrogen and oxygen atoms in total. The number of unbranched alkanes of at least 4 members (excludes halogenated alkanes) is 18. The number of esters is 1. The number of benzene rings is 1. The standard InChI is InChI=1S/C31H52O4/c1-3-4-5-6-7-8-9-10-11-12-13-14-15-16-17-18-19-20-21-26-35-31(33)25-23-28-22-24-29(32)30(27-28)34-2/h22-25,27,32H,3-21,26H2,1-2H3. The van der Waals surface area contributed by atoms with Gasteiger partial charge in [0.05, 0.1) is 13.7 Å². The van der Waals surface area contributed by atoms with Crippen molar-refractivity contribution in [2.75, 3.05) is 13.7 Å². The van der Waals surface area contributed by atoms with Crippen molar-refractivity contribution in [3.63, 3.8) is 0 Å². The van der Waals surface area contributed by atoms with Gasteiger partial charge in [0.15, 0.2) is 11.5 Å². The quantitative estimate of drug-likeness (QED) is 0.0946. The van der Waals surface area contributed by atoms with Crippen LogP contribution in [0.25, 0.3) is 6.08 Å². The summed E-state index contributed by atoms with van der Waals surface area (Å²) in [6.45, 7) is 2.76. The predicted octanol–water partition coefficient (Wildman–Crippen LogP) is 9.39. The Kier molecular flexibility index (Phi) is 20.0. The summed E-state index contributed by atoms with van der Waals surface area (Å²) in [4.78, 5) is 11.8. The Morgan fingerprint density at radius 3 is 1.66 bits per heavy atom. The SMILES string of the molecule is CCCCCCCCCCCCCCCCCCCCCOC(=O)C=Cc1ccc(O)c(OC)c1. The number of phenols is 1. The van der Waals surface area contributed by atoms with E-state index in [0.717, 1.165) is 18.4 Å². The van der Waals surface area contributed by atoms with E-state index in [1.54, 1.807) is 24.3 Å². The van der Waals surface area contributed by atoms with Crippen LogP contribution >= 0.6 is 0 Å². The molecule has 1 N–H and O–H groups in total. The molecule has 35 heavy (non-hydrogen) atoms. The minimum absolute atomic E-state index is 0.0802. The first kappa shape index (κ1) is 31.1. The fourth-order valence-electron chi connectivity index (χ4n) is 4.36. The number of phenolic OH excluding ortho intramolecular Hbond substituents is 1. The fraction of sp³-hybridized carbons (Fsp3) is 0.710. The Labute approximate surface area is 215 Å². The van der Waals surface area contributed by atoms with E-state index in [-0.39, 0.29) is 11.7 Å². The van der Waals surface area contributed by atoms with Gasteiger partial charge in [-0.05, 0) is 30.2 Å². The topological polar surface area (TPSA) is 55.8 Å². The number of hydrogen-bond donors (Lipinski definition) is 1. The molecular weight excluding hydrogens is 436 g/mol. The van der Waals surface area contributed by atoms with E-state index in [9.17, 15) is 9.90 Å². The van der Waals surface area contributed by atoms with Crippen LogP contribution in [0.1, 0.15) is 134 Å². The third kappa shape index (κ3) is 18.0. The molecule has 0 aromatic heterocycles. The molecule has 0 aliphatic rings. The maximum absolute atomic E-state index is 11.8. The van der Waals surface area contributed by atoms with E-state index in [0.29, 0.717) is 12.4 Å². The van der Waals surface area contributed by atoms with E-state index in [4.69, 9.17) is 9.47 Å². The van der Waals surface area contributed by atoms with Crippen molar-refractivity contribution < 1.29 is 19.4 Å². The maximum atomic E-state index is 11.8. The number of aromatic hydroxyl groups is 1. The zero-order valence-electron chi connectivity index (χ0n) is 22.7. The van der Waals surface area contributed by atoms with E-state index in [1.807, 2.05) is 0 Å². The first-order chi connectivity index (χ1) is 17.2. The van der Waals surface area contributed by atoms with Gasteiger partial charge in [0, 0.05) is 6.08 Å². The summed E-state index contributed by atoms with van der Waals surface area (Å²) in [5.74, 6) is 0.130. The van der Waals surface area contributed by atoms with Crippen LogP contribution in [0.3, 0.4) is 0 Å². The lowest BCUT2D eigenvalue weighted by molar-refractivity contribution is -0.137. The van der Waals surface area contributed by atoms with Gasteiger partial charge in [-0.25, -0.2) is 4.79 Å². The van der Waals surface area contributed by atoms with Crippen LogP contribution in [-0.4, -0.2) is 24.8 Å². The monoisotopic (exact) mass is 488 g/mol. The van der Waals surface area contributed by atoms with Crippen molar-refractivity contribution in [2.45, 2.75) is 129 Å². The van der Waals surface area contributed by atoms with Crippen LogP contribution in [0.4, 0.5) is 0 Å². The molecule has 0 saturated heterocycles. The van der Waals surface area contributed by atoms with Gasteiger partial charge in [0.25, 0.3) is 0 Å². The molecule has 0 heterocycles. The van der Waals surface area contributed by atoms with Gasteiger partial charge in [0.2, 0.25) is 0 Å². The van der Waals surface area contributed by atoms with Crippen LogP contribution in [0.2, 0.25) is 0 Å². The Hall–Kier alpha value is -1.97. The average molecular weight is 489 g/mol. The van der Waals surface area contributed by atoms with Gasteiger partial charge in [-0.15, -0.1) is 0 Å². The number of carbonyl (C=O) groups excluding carboxylic acids is 1. The summed E-state index contributed by atoms with van der Waals surface area (Å²) >= 11 is 0.